The van der Waals surface area contributed by atoms with E-state index >= 15 is 0 Å². The molecular formula is C75H51N. The largest absolute Gasteiger partial charge is 0.310 e. The molecule has 0 saturated carbocycles. The van der Waals surface area contributed by atoms with Crippen LogP contribution in [-0.4, -0.2) is 0 Å². The number of anilines is 3. The van der Waals surface area contributed by atoms with Crippen molar-refractivity contribution in [1.82, 2.24) is 0 Å². The van der Waals surface area contributed by atoms with Crippen molar-refractivity contribution in [2.75, 3.05) is 4.90 Å². The van der Waals surface area contributed by atoms with E-state index < -0.39 is 5.41 Å². The molecule has 14 rings (SSSR count). The maximum atomic E-state index is 2.46. The number of fused-ring (bicyclic) bond motifs is 6. The first kappa shape index (κ1) is 44.8. The van der Waals surface area contributed by atoms with Gasteiger partial charge in [0, 0.05) is 17.1 Å². The summed E-state index contributed by atoms with van der Waals surface area (Å²) in [6.07, 6.45) is 0. The number of rotatable bonds is 10. The second-order valence-electron chi connectivity index (χ2n) is 19.9. The van der Waals surface area contributed by atoms with Crippen LogP contribution in [0, 0.1) is 0 Å². The summed E-state index contributed by atoms with van der Waals surface area (Å²) in [7, 11) is 0. The summed E-state index contributed by atoms with van der Waals surface area (Å²) in [6.45, 7) is 0. The molecule has 0 unspecified atom stereocenters. The summed E-state index contributed by atoms with van der Waals surface area (Å²) in [5, 5.41) is 4.99. The number of hydrogen-bond acceptors (Lipinski definition) is 1. The fraction of sp³-hybridized carbons (Fsp3) is 0.0133. The van der Waals surface area contributed by atoms with Gasteiger partial charge in [0.2, 0.25) is 0 Å². The quantitative estimate of drug-likeness (QED) is 0.123. The van der Waals surface area contributed by atoms with Crippen LogP contribution in [0.2, 0.25) is 0 Å². The Hall–Kier alpha value is -9.82. The summed E-state index contributed by atoms with van der Waals surface area (Å²) < 4.78 is 0. The minimum absolute atomic E-state index is 0.498. The standard InChI is InChI=1S/C75H51N/c1-7-23-52(24-8-1)58-47-59(53-25-9-2-10-26-53)49-64(48-58)76(63-44-46-72-69(51-63)67-36-21-22-38-71(67)75(72,60-31-15-5-16-32-60)61-33-17-6-18-34-61)62-42-39-54(40-43-62)57-41-45-66-65-35-19-20-37-68(65)73(55-27-11-3-12-28-55)74(70(66)50-57)56-29-13-4-14-30-56/h1-51H. The highest BCUT2D eigenvalue weighted by Gasteiger charge is 2.46. The summed E-state index contributed by atoms with van der Waals surface area (Å²) in [6, 6.07) is 114. The molecule has 76 heavy (non-hydrogen) atoms. The van der Waals surface area contributed by atoms with Crippen LogP contribution in [0.1, 0.15) is 22.3 Å². The first-order valence-corrected chi connectivity index (χ1v) is 26.3. The van der Waals surface area contributed by atoms with E-state index in [-0.39, 0.29) is 0 Å². The molecule has 0 atom stereocenters. The van der Waals surface area contributed by atoms with Gasteiger partial charge in [0.15, 0.2) is 0 Å². The van der Waals surface area contributed by atoms with Crippen molar-refractivity contribution in [3.8, 4) is 66.8 Å². The SMILES string of the molecule is c1ccc(-c2cc(-c3ccccc3)cc(N(c3ccc(-c4ccc5c(c4)c(-c4ccccc4)c(-c4ccccc4)c4ccccc45)cc3)c3ccc4c(c3)-c3ccccc3C4(c3ccccc3)c3ccccc3)c2)cc1. The van der Waals surface area contributed by atoms with Crippen LogP contribution in [-0.2, 0) is 5.41 Å². The fourth-order valence-electron chi connectivity index (χ4n) is 12.3. The van der Waals surface area contributed by atoms with E-state index in [0.29, 0.717) is 0 Å². The van der Waals surface area contributed by atoms with E-state index in [1.807, 2.05) is 0 Å². The van der Waals surface area contributed by atoms with Crippen LogP contribution in [0.5, 0.6) is 0 Å². The van der Waals surface area contributed by atoms with Crippen molar-refractivity contribution in [3.05, 3.63) is 332 Å². The minimum atomic E-state index is -0.498. The van der Waals surface area contributed by atoms with E-state index in [1.165, 1.54) is 93.9 Å². The van der Waals surface area contributed by atoms with E-state index in [4.69, 9.17) is 0 Å². The maximum Gasteiger partial charge on any atom is 0.0713 e. The highest BCUT2D eigenvalue weighted by molar-refractivity contribution is 6.22. The van der Waals surface area contributed by atoms with Crippen molar-refractivity contribution in [2.24, 2.45) is 0 Å². The Bertz CT molecular complexity index is 4130. The molecule has 13 aromatic rings. The van der Waals surface area contributed by atoms with Gasteiger partial charge in [-0.25, -0.2) is 0 Å². The monoisotopic (exact) mass is 965 g/mol. The highest BCUT2D eigenvalue weighted by Crippen LogP contribution is 2.57. The van der Waals surface area contributed by atoms with Crippen molar-refractivity contribution >= 4 is 38.6 Å². The third-order valence-electron chi connectivity index (χ3n) is 15.7. The molecule has 0 N–H and O–H groups in total. The molecule has 1 aliphatic rings. The van der Waals surface area contributed by atoms with Crippen LogP contribution in [0.4, 0.5) is 17.1 Å². The lowest BCUT2D eigenvalue weighted by Gasteiger charge is -2.34. The Labute approximate surface area is 444 Å². The Balaban J connectivity index is 0.974. The van der Waals surface area contributed by atoms with E-state index in [0.717, 1.165) is 33.8 Å². The zero-order chi connectivity index (χ0) is 50.4. The van der Waals surface area contributed by atoms with Crippen molar-refractivity contribution in [1.29, 1.82) is 0 Å². The lowest BCUT2D eigenvalue weighted by Crippen LogP contribution is -2.28. The smallest absolute Gasteiger partial charge is 0.0713 e. The third kappa shape index (κ3) is 7.55. The molecular weight excluding hydrogens is 915 g/mol. The molecule has 0 radical (unpaired) electrons. The zero-order valence-corrected chi connectivity index (χ0v) is 41.9. The number of hydrogen-bond donors (Lipinski definition) is 0. The van der Waals surface area contributed by atoms with Gasteiger partial charge < -0.3 is 4.90 Å². The molecule has 0 spiro atoms. The summed E-state index contributed by atoms with van der Waals surface area (Å²) in [5.41, 5.74) is 22.2. The molecule has 0 aliphatic heterocycles. The van der Waals surface area contributed by atoms with Gasteiger partial charge in [-0.2, -0.15) is 0 Å². The van der Waals surface area contributed by atoms with Gasteiger partial charge in [0.25, 0.3) is 0 Å². The van der Waals surface area contributed by atoms with Gasteiger partial charge in [-0.1, -0.05) is 261 Å². The lowest BCUT2D eigenvalue weighted by molar-refractivity contribution is 0.768. The van der Waals surface area contributed by atoms with Crippen LogP contribution < -0.4 is 4.90 Å². The Morgan fingerprint density at radius 2 is 0.632 bits per heavy atom. The van der Waals surface area contributed by atoms with Gasteiger partial charge in [0.1, 0.15) is 0 Å². The third-order valence-corrected chi connectivity index (χ3v) is 15.7. The maximum absolute atomic E-state index is 2.46. The Morgan fingerprint density at radius 3 is 1.21 bits per heavy atom. The predicted octanol–water partition coefficient (Wildman–Crippen LogP) is 20.2. The molecule has 356 valence electrons. The minimum Gasteiger partial charge on any atom is -0.310 e. The highest BCUT2D eigenvalue weighted by atomic mass is 15.1. The molecule has 1 heteroatoms. The first-order valence-electron chi connectivity index (χ1n) is 26.3. The molecule has 0 fully saturated rings. The van der Waals surface area contributed by atoms with E-state index in [1.54, 1.807) is 0 Å². The molecule has 0 aromatic heterocycles. The number of nitrogens with zero attached hydrogens (tertiary/aromatic N) is 1. The Morgan fingerprint density at radius 1 is 0.211 bits per heavy atom. The van der Waals surface area contributed by atoms with Gasteiger partial charge in [-0.05, 0) is 159 Å². The van der Waals surface area contributed by atoms with Crippen LogP contribution >= 0.6 is 0 Å². The molecule has 0 bridgehead atoms. The van der Waals surface area contributed by atoms with E-state index in [9.17, 15) is 0 Å². The zero-order valence-electron chi connectivity index (χ0n) is 41.9. The average Bonchev–Trinajstić information content (AvgIpc) is 3.83. The normalized spacial score (nSPS) is 12.3. The van der Waals surface area contributed by atoms with Crippen molar-refractivity contribution in [3.63, 3.8) is 0 Å². The first-order chi connectivity index (χ1) is 37.7. The lowest BCUT2D eigenvalue weighted by atomic mass is 9.68. The Kier molecular flexibility index (Phi) is 11.2. The molecule has 0 saturated heterocycles. The second kappa shape index (κ2) is 18.9. The van der Waals surface area contributed by atoms with Crippen LogP contribution in [0.25, 0.3) is 88.3 Å². The van der Waals surface area contributed by atoms with E-state index in [2.05, 4.69) is 314 Å². The second-order valence-corrected chi connectivity index (χ2v) is 19.9. The van der Waals surface area contributed by atoms with Crippen molar-refractivity contribution in [2.45, 2.75) is 5.41 Å². The summed E-state index contributed by atoms with van der Waals surface area (Å²) >= 11 is 0. The van der Waals surface area contributed by atoms with Gasteiger partial charge in [-0.3, -0.25) is 0 Å². The van der Waals surface area contributed by atoms with Crippen molar-refractivity contribution < 1.29 is 0 Å². The van der Waals surface area contributed by atoms with Crippen LogP contribution in [0.3, 0.4) is 0 Å². The van der Waals surface area contributed by atoms with Crippen LogP contribution in [0.15, 0.2) is 309 Å². The van der Waals surface area contributed by atoms with Gasteiger partial charge >= 0.3 is 0 Å². The molecule has 0 amide bonds. The van der Waals surface area contributed by atoms with Gasteiger partial charge in [0.05, 0.1) is 5.41 Å². The molecule has 0 heterocycles. The molecule has 13 aromatic carbocycles. The topological polar surface area (TPSA) is 3.24 Å². The molecule has 1 aliphatic carbocycles. The summed E-state index contributed by atoms with van der Waals surface area (Å²) in [4.78, 5) is 2.46. The fourth-order valence-corrected chi connectivity index (χ4v) is 12.3. The number of benzene rings is 13. The van der Waals surface area contributed by atoms with Gasteiger partial charge in [-0.15, -0.1) is 0 Å². The predicted molar refractivity (Wildman–Crippen MR) is 321 cm³/mol. The summed E-state index contributed by atoms with van der Waals surface area (Å²) in [5.74, 6) is 0. The average molecular weight is 966 g/mol. The molecule has 1 nitrogen and oxygen atoms in total.